The van der Waals surface area contributed by atoms with Crippen LogP contribution in [0.25, 0.3) is 5.69 Å². The molecule has 2 aromatic rings. The fraction of sp³-hybridized carbons (Fsp3) is 0.400. The Hall–Kier alpha value is -1.55. The molecule has 0 unspecified atom stereocenters. The Bertz CT molecular complexity index is 602. The molecule has 1 N–H and O–H groups in total. The zero-order chi connectivity index (χ0) is 14.0. The summed E-state index contributed by atoms with van der Waals surface area (Å²) < 4.78 is 8.25. The summed E-state index contributed by atoms with van der Waals surface area (Å²) >= 11 is 5.38. The maximum Gasteiger partial charge on any atom is 0.182 e. The van der Waals surface area contributed by atoms with Crippen LogP contribution in [0.3, 0.4) is 0 Å². The third-order valence-corrected chi connectivity index (χ3v) is 3.25. The second-order valence-electron chi connectivity index (χ2n) is 5.49. The van der Waals surface area contributed by atoms with E-state index in [4.69, 9.17) is 17.0 Å². The van der Waals surface area contributed by atoms with Crippen molar-refractivity contribution >= 4 is 12.2 Å². The minimum atomic E-state index is 0.0339. The van der Waals surface area contributed by atoms with Crippen molar-refractivity contribution in [2.24, 2.45) is 0 Å². The summed E-state index contributed by atoms with van der Waals surface area (Å²) in [6.45, 7) is 9.19. The van der Waals surface area contributed by atoms with Crippen molar-refractivity contribution in [2.45, 2.75) is 33.1 Å². The number of hydrogen-bond acceptors (Lipinski definition) is 2. The van der Waals surface area contributed by atoms with Gasteiger partial charge in [-0.25, -0.2) is 0 Å². The van der Waals surface area contributed by atoms with Crippen molar-refractivity contribution in [3.05, 3.63) is 40.9 Å². The van der Waals surface area contributed by atoms with E-state index in [2.05, 4.69) is 30.3 Å². The van der Waals surface area contributed by atoms with Gasteiger partial charge in [0, 0.05) is 23.0 Å². The molecule has 2 rings (SSSR count). The van der Waals surface area contributed by atoms with E-state index in [0.29, 0.717) is 11.4 Å². The zero-order valence-corrected chi connectivity index (χ0v) is 12.7. The highest BCUT2D eigenvalue weighted by Crippen LogP contribution is 2.26. The Balaban J connectivity index is 2.47. The second-order valence-corrected chi connectivity index (χ2v) is 5.88. The van der Waals surface area contributed by atoms with Crippen LogP contribution in [0.1, 0.15) is 33.4 Å². The molecule has 0 saturated heterocycles. The van der Waals surface area contributed by atoms with Crippen molar-refractivity contribution < 1.29 is 4.74 Å². The van der Waals surface area contributed by atoms with Crippen LogP contribution in [0.2, 0.25) is 0 Å². The number of ether oxygens (including phenoxy) is 1. The molecule has 0 fully saturated rings. The maximum absolute atomic E-state index is 5.46. The summed E-state index contributed by atoms with van der Waals surface area (Å²) in [5, 5.41) is 0. The van der Waals surface area contributed by atoms with Crippen LogP contribution in [-0.4, -0.2) is 16.2 Å². The number of benzene rings is 1. The first kappa shape index (κ1) is 13.9. The molecule has 0 atom stereocenters. The Labute approximate surface area is 119 Å². The van der Waals surface area contributed by atoms with E-state index in [9.17, 15) is 0 Å². The van der Waals surface area contributed by atoms with E-state index >= 15 is 0 Å². The van der Waals surface area contributed by atoms with Crippen molar-refractivity contribution in [1.29, 1.82) is 0 Å². The predicted octanol–water partition coefficient (Wildman–Crippen LogP) is 4.23. The summed E-state index contributed by atoms with van der Waals surface area (Å²) in [5.41, 5.74) is 2.26. The van der Waals surface area contributed by atoms with Gasteiger partial charge in [0.15, 0.2) is 4.77 Å². The number of aromatic nitrogens is 2. The van der Waals surface area contributed by atoms with E-state index < -0.39 is 0 Å². The minimum absolute atomic E-state index is 0.0339. The molecule has 3 nitrogen and oxygen atoms in total. The van der Waals surface area contributed by atoms with Gasteiger partial charge in [-0.2, -0.15) is 0 Å². The molecular weight excluding hydrogens is 256 g/mol. The van der Waals surface area contributed by atoms with Gasteiger partial charge in [0.25, 0.3) is 0 Å². The number of hydrogen-bond donors (Lipinski definition) is 1. The van der Waals surface area contributed by atoms with Gasteiger partial charge >= 0.3 is 0 Å². The van der Waals surface area contributed by atoms with Crippen LogP contribution in [0.4, 0.5) is 0 Å². The Kier molecular flexibility index (Phi) is 3.80. The van der Waals surface area contributed by atoms with Crippen LogP contribution < -0.4 is 4.74 Å². The van der Waals surface area contributed by atoms with Gasteiger partial charge in [-0.15, -0.1) is 0 Å². The molecule has 0 aliphatic heterocycles. The molecule has 19 heavy (non-hydrogen) atoms. The van der Waals surface area contributed by atoms with Crippen molar-refractivity contribution in [2.75, 3.05) is 6.61 Å². The van der Waals surface area contributed by atoms with Crippen molar-refractivity contribution in [1.82, 2.24) is 9.55 Å². The standard InChI is InChI=1S/C15H20N2OS/c1-5-18-12-8-6-11(7-9-12)17-13(15(2,3)4)10-16-14(17)19/h6-10H,5H2,1-4H3,(H,16,19). The van der Waals surface area contributed by atoms with Gasteiger partial charge < -0.3 is 9.72 Å². The van der Waals surface area contributed by atoms with Crippen molar-refractivity contribution in [3.63, 3.8) is 0 Å². The molecule has 0 saturated carbocycles. The number of aromatic amines is 1. The average Bonchev–Trinajstić information content (AvgIpc) is 2.72. The van der Waals surface area contributed by atoms with E-state index in [1.54, 1.807) is 0 Å². The van der Waals surface area contributed by atoms with Crippen molar-refractivity contribution in [3.8, 4) is 11.4 Å². The first-order valence-electron chi connectivity index (χ1n) is 6.47. The molecule has 0 radical (unpaired) electrons. The molecule has 0 aliphatic carbocycles. The molecule has 0 bridgehead atoms. The normalized spacial score (nSPS) is 11.6. The summed E-state index contributed by atoms with van der Waals surface area (Å²) in [7, 11) is 0. The number of rotatable bonds is 3. The molecule has 0 spiro atoms. The topological polar surface area (TPSA) is 29.9 Å². The lowest BCUT2D eigenvalue weighted by Gasteiger charge is -2.20. The monoisotopic (exact) mass is 276 g/mol. The third-order valence-electron chi connectivity index (χ3n) is 2.95. The lowest BCUT2D eigenvalue weighted by Crippen LogP contribution is -2.16. The minimum Gasteiger partial charge on any atom is -0.494 e. The average molecular weight is 276 g/mol. The highest BCUT2D eigenvalue weighted by molar-refractivity contribution is 7.71. The summed E-state index contributed by atoms with van der Waals surface area (Å²) in [4.78, 5) is 3.13. The molecule has 1 aromatic carbocycles. The summed E-state index contributed by atoms with van der Waals surface area (Å²) in [6, 6.07) is 8.01. The van der Waals surface area contributed by atoms with Gasteiger partial charge in [0.1, 0.15) is 5.75 Å². The van der Waals surface area contributed by atoms with Gasteiger partial charge in [-0.3, -0.25) is 4.57 Å². The summed E-state index contributed by atoms with van der Waals surface area (Å²) in [6.07, 6.45) is 1.98. The molecule has 1 heterocycles. The molecule has 1 aromatic heterocycles. The van der Waals surface area contributed by atoms with E-state index in [1.807, 2.05) is 37.4 Å². The number of imidazole rings is 1. The Morgan fingerprint density at radius 3 is 2.37 bits per heavy atom. The molecule has 102 valence electrons. The molecule has 4 heteroatoms. The molecular formula is C15H20N2OS. The smallest absolute Gasteiger partial charge is 0.182 e. The quantitative estimate of drug-likeness (QED) is 0.850. The second kappa shape index (κ2) is 5.21. The van der Waals surface area contributed by atoms with Gasteiger partial charge in [0.05, 0.1) is 6.61 Å². The number of nitrogens with one attached hydrogen (secondary N) is 1. The number of nitrogens with zero attached hydrogens (tertiary/aromatic N) is 1. The molecule has 0 amide bonds. The van der Waals surface area contributed by atoms with Gasteiger partial charge in [-0.05, 0) is 43.4 Å². The summed E-state index contributed by atoms with van der Waals surface area (Å²) in [5.74, 6) is 0.880. The lowest BCUT2D eigenvalue weighted by atomic mass is 9.92. The Morgan fingerprint density at radius 1 is 1.21 bits per heavy atom. The highest BCUT2D eigenvalue weighted by Gasteiger charge is 2.20. The van der Waals surface area contributed by atoms with E-state index in [0.717, 1.165) is 11.4 Å². The fourth-order valence-electron chi connectivity index (χ4n) is 2.03. The zero-order valence-electron chi connectivity index (χ0n) is 11.9. The van der Waals surface area contributed by atoms with E-state index in [1.165, 1.54) is 5.69 Å². The van der Waals surface area contributed by atoms with Crippen LogP contribution in [0.15, 0.2) is 30.5 Å². The molecule has 0 aliphatic rings. The third kappa shape index (κ3) is 2.89. The number of H-pyrrole nitrogens is 1. The lowest BCUT2D eigenvalue weighted by molar-refractivity contribution is 0.340. The Morgan fingerprint density at radius 2 is 1.84 bits per heavy atom. The largest absolute Gasteiger partial charge is 0.494 e. The fourth-order valence-corrected chi connectivity index (χ4v) is 2.30. The van der Waals surface area contributed by atoms with Gasteiger partial charge in [-0.1, -0.05) is 20.8 Å². The van der Waals surface area contributed by atoms with E-state index in [-0.39, 0.29) is 5.41 Å². The van der Waals surface area contributed by atoms with Crippen LogP contribution >= 0.6 is 12.2 Å². The SMILES string of the molecule is CCOc1ccc(-n2c(C(C)(C)C)c[nH]c2=S)cc1. The first-order valence-corrected chi connectivity index (χ1v) is 6.88. The van der Waals surface area contributed by atoms with Crippen LogP contribution in [0, 0.1) is 4.77 Å². The van der Waals surface area contributed by atoms with Crippen LogP contribution in [-0.2, 0) is 5.41 Å². The maximum atomic E-state index is 5.46. The highest BCUT2D eigenvalue weighted by atomic mass is 32.1. The van der Waals surface area contributed by atoms with Crippen LogP contribution in [0.5, 0.6) is 5.75 Å². The predicted molar refractivity (Wildman–Crippen MR) is 80.8 cm³/mol. The first-order chi connectivity index (χ1) is 8.93. The van der Waals surface area contributed by atoms with Gasteiger partial charge in [0.2, 0.25) is 0 Å².